The first-order valence-corrected chi connectivity index (χ1v) is 8.81. The van der Waals surface area contributed by atoms with E-state index in [9.17, 15) is 4.79 Å². The minimum absolute atomic E-state index is 0.472. The summed E-state index contributed by atoms with van der Waals surface area (Å²) in [6, 6.07) is 7.59. The number of fused-ring (bicyclic) bond motifs is 1. The molecule has 2 rings (SSSR count). The Balaban J connectivity index is 0.000000646. The van der Waals surface area contributed by atoms with E-state index in [1.165, 1.54) is 0 Å². The van der Waals surface area contributed by atoms with E-state index >= 15 is 0 Å². The van der Waals surface area contributed by atoms with Crippen molar-refractivity contribution in [3.63, 3.8) is 0 Å². The molecule has 1 aromatic rings. The Labute approximate surface area is 160 Å². The Morgan fingerprint density at radius 1 is 0.741 bits per heavy atom. The number of hydrogen-bond acceptors (Lipinski definition) is 7. The summed E-state index contributed by atoms with van der Waals surface area (Å²) < 4.78 is 33.0. The predicted molar refractivity (Wildman–Crippen MR) is 100 cm³/mol. The van der Waals surface area contributed by atoms with Crippen LogP contribution >= 0.6 is 0 Å². The molecule has 1 heterocycles. The normalized spacial score (nSPS) is 17.3. The Morgan fingerprint density at radius 3 is 1.33 bits per heavy atom. The molecule has 8 nitrogen and oxygen atoms in total. The van der Waals surface area contributed by atoms with Gasteiger partial charge in [-0.2, -0.15) is 0 Å². The van der Waals surface area contributed by atoms with Crippen LogP contribution in [-0.2, 0) is 23.7 Å². The second kappa shape index (κ2) is 16.1. The number of ether oxygens (including phenoxy) is 6. The highest BCUT2D eigenvalue weighted by Gasteiger charge is 2.04. The molecule has 27 heavy (non-hydrogen) atoms. The van der Waals surface area contributed by atoms with Crippen LogP contribution in [0.25, 0.3) is 0 Å². The molecule has 0 saturated carbocycles. The number of carbonyl (C=O) groups excluding carboxylic acids is 1. The summed E-state index contributed by atoms with van der Waals surface area (Å²) >= 11 is 0. The number of benzene rings is 1. The zero-order valence-electron chi connectivity index (χ0n) is 15.6. The van der Waals surface area contributed by atoms with Gasteiger partial charge in [-0.15, -0.1) is 0 Å². The molecule has 0 aliphatic carbocycles. The van der Waals surface area contributed by atoms with Gasteiger partial charge >= 0.3 is 0 Å². The van der Waals surface area contributed by atoms with Crippen LogP contribution in [-0.4, -0.2) is 72.0 Å². The lowest BCUT2D eigenvalue weighted by molar-refractivity contribution is -0.113. The van der Waals surface area contributed by atoms with Crippen LogP contribution in [0.4, 0.5) is 0 Å². The maximum Gasteiger partial charge on any atom is 0.240 e. The predicted octanol–water partition coefficient (Wildman–Crippen LogP) is 1.18. The first-order chi connectivity index (χ1) is 13.2. The van der Waals surface area contributed by atoms with E-state index in [0.717, 1.165) is 6.08 Å². The molecule has 0 aromatic heterocycles. The van der Waals surface area contributed by atoms with Crippen molar-refractivity contribution in [2.75, 3.05) is 66.1 Å². The van der Waals surface area contributed by atoms with Gasteiger partial charge in [0.15, 0.2) is 11.5 Å². The molecular weight excluding hydrogens is 354 g/mol. The molecule has 0 bridgehead atoms. The average molecular weight is 383 g/mol. The Bertz CT molecular complexity index is 488. The van der Waals surface area contributed by atoms with Gasteiger partial charge < -0.3 is 34.2 Å². The molecule has 0 fully saturated rings. The summed E-state index contributed by atoms with van der Waals surface area (Å²) in [6.07, 6.45) is 1.06. The first kappa shape index (κ1) is 22.9. The number of primary amides is 1. The standard InChI is InChI=1S/C16H24O6.C3H5NO/c1-2-4-16-15(3-1)21-13-11-19-9-7-17-5-6-18-8-10-20-12-14-22-16;1-2-3(4)5/h1-4H,5-14H2;2H,1H2,(H2,4,5). The SMILES string of the molecule is C=CC(N)=O.c1ccc2c(c1)OCCOCCOCCOCCOCCO2. The number of amides is 1. The van der Waals surface area contributed by atoms with Gasteiger partial charge in [-0.25, -0.2) is 0 Å². The van der Waals surface area contributed by atoms with Crippen molar-refractivity contribution in [1.29, 1.82) is 0 Å². The van der Waals surface area contributed by atoms with Gasteiger partial charge in [0.25, 0.3) is 0 Å². The largest absolute Gasteiger partial charge is 0.487 e. The number of nitrogens with two attached hydrogens (primary N) is 1. The maximum absolute atomic E-state index is 9.47. The summed E-state index contributed by atoms with van der Waals surface area (Å²) in [6.45, 7) is 8.39. The molecular formula is C19H29NO7. The lowest BCUT2D eigenvalue weighted by Gasteiger charge is -2.13. The van der Waals surface area contributed by atoms with Crippen molar-refractivity contribution in [2.45, 2.75) is 0 Å². The highest BCUT2D eigenvalue weighted by molar-refractivity contribution is 5.84. The molecule has 0 saturated heterocycles. The number of para-hydroxylation sites is 2. The summed E-state index contributed by atoms with van der Waals surface area (Å²) in [4.78, 5) is 9.47. The van der Waals surface area contributed by atoms with Crippen LogP contribution in [0.3, 0.4) is 0 Å². The van der Waals surface area contributed by atoms with Crippen LogP contribution in [0.5, 0.6) is 11.5 Å². The second-order valence-electron chi connectivity index (χ2n) is 5.20. The van der Waals surface area contributed by atoms with Crippen molar-refractivity contribution >= 4 is 5.91 Å². The monoisotopic (exact) mass is 383 g/mol. The highest BCUT2D eigenvalue weighted by Crippen LogP contribution is 2.26. The van der Waals surface area contributed by atoms with Crippen LogP contribution in [0.15, 0.2) is 36.9 Å². The third-order valence-corrected chi connectivity index (χ3v) is 3.14. The highest BCUT2D eigenvalue weighted by atomic mass is 16.6. The lowest BCUT2D eigenvalue weighted by Crippen LogP contribution is -2.15. The van der Waals surface area contributed by atoms with Crippen LogP contribution in [0.2, 0.25) is 0 Å². The number of hydrogen-bond donors (Lipinski definition) is 1. The molecule has 0 atom stereocenters. The molecule has 0 radical (unpaired) electrons. The minimum Gasteiger partial charge on any atom is -0.487 e. The van der Waals surface area contributed by atoms with Crippen LogP contribution in [0, 0.1) is 0 Å². The lowest BCUT2D eigenvalue weighted by atomic mass is 10.3. The molecule has 0 spiro atoms. The summed E-state index contributed by atoms with van der Waals surface area (Å²) in [5.74, 6) is 0.948. The molecule has 1 amide bonds. The third-order valence-electron chi connectivity index (χ3n) is 3.14. The first-order valence-electron chi connectivity index (χ1n) is 8.81. The molecule has 1 aromatic carbocycles. The van der Waals surface area contributed by atoms with Gasteiger partial charge in [-0.1, -0.05) is 18.7 Å². The van der Waals surface area contributed by atoms with E-state index in [2.05, 4.69) is 12.3 Å². The number of rotatable bonds is 1. The van der Waals surface area contributed by atoms with Crippen molar-refractivity contribution in [3.8, 4) is 11.5 Å². The average Bonchev–Trinajstić information content (AvgIpc) is 2.68. The van der Waals surface area contributed by atoms with Crippen molar-refractivity contribution in [1.82, 2.24) is 0 Å². The molecule has 8 heteroatoms. The molecule has 2 N–H and O–H groups in total. The Hall–Kier alpha value is -2.13. The summed E-state index contributed by atoms with van der Waals surface area (Å²) in [5, 5.41) is 0. The van der Waals surface area contributed by atoms with E-state index in [4.69, 9.17) is 28.4 Å². The zero-order valence-corrected chi connectivity index (χ0v) is 15.6. The fourth-order valence-corrected chi connectivity index (χ4v) is 1.87. The third kappa shape index (κ3) is 12.8. The Kier molecular flexibility index (Phi) is 13.6. The second-order valence-corrected chi connectivity index (χ2v) is 5.20. The van der Waals surface area contributed by atoms with Gasteiger partial charge in [-0.3, -0.25) is 4.79 Å². The molecule has 1 aliphatic heterocycles. The van der Waals surface area contributed by atoms with Gasteiger partial charge in [0.1, 0.15) is 13.2 Å². The van der Waals surface area contributed by atoms with Gasteiger partial charge in [0, 0.05) is 0 Å². The van der Waals surface area contributed by atoms with Crippen molar-refractivity contribution in [2.24, 2.45) is 5.73 Å². The Morgan fingerprint density at radius 2 is 1.04 bits per heavy atom. The van der Waals surface area contributed by atoms with E-state index in [1.807, 2.05) is 24.3 Å². The smallest absolute Gasteiger partial charge is 0.240 e. The van der Waals surface area contributed by atoms with Crippen molar-refractivity contribution in [3.05, 3.63) is 36.9 Å². The van der Waals surface area contributed by atoms with Gasteiger partial charge in [0.05, 0.1) is 52.9 Å². The topological polar surface area (TPSA) is 98.5 Å². The molecule has 1 aliphatic rings. The summed E-state index contributed by atoms with van der Waals surface area (Å²) in [7, 11) is 0. The van der Waals surface area contributed by atoms with E-state index in [0.29, 0.717) is 77.6 Å². The fourth-order valence-electron chi connectivity index (χ4n) is 1.87. The quantitative estimate of drug-likeness (QED) is 0.727. The van der Waals surface area contributed by atoms with Gasteiger partial charge in [0.2, 0.25) is 5.91 Å². The number of carbonyl (C=O) groups is 1. The minimum atomic E-state index is -0.481. The van der Waals surface area contributed by atoms with E-state index in [1.54, 1.807) is 0 Å². The van der Waals surface area contributed by atoms with Crippen LogP contribution < -0.4 is 15.2 Å². The van der Waals surface area contributed by atoms with Gasteiger partial charge in [-0.05, 0) is 18.2 Å². The summed E-state index contributed by atoms with van der Waals surface area (Å²) in [5.41, 5.74) is 4.53. The maximum atomic E-state index is 9.47. The van der Waals surface area contributed by atoms with E-state index in [-0.39, 0.29) is 0 Å². The zero-order chi connectivity index (χ0) is 19.6. The van der Waals surface area contributed by atoms with Crippen molar-refractivity contribution < 1.29 is 33.2 Å². The van der Waals surface area contributed by atoms with E-state index < -0.39 is 5.91 Å². The molecule has 0 unspecified atom stereocenters. The van der Waals surface area contributed by atoms with Crippen LogP contribution in [0.1, 0.15) is 0 Å². The molecule has 152 valence electrons. The fraction of sp³-hybridized carbons (Fsp3) is 0.526.